The van der Waals surface area contributed by atoms with Gasteiger partial charge in [0.25, 0.3) is 6.54 Å². The predicted molar refractivity (Wildman–Crippen MR) is 42.2 cm³/mol. The van der Waals surface area contributed by atoms with Crippen molar-refractivity contribution < 1.29 is 0 Å². The van der Waals surface area contributed by atoms with Crippen LogP contribution in [0.2, 0.25) is 0 Å². The minimum absolute atomic E-state index is 0.954. The van der Waals surface area contributed by atoms with E-state index in [0.717, 1.165) is 6.54 Å². The van der Waals surface area contributed by atoms with Crippen LogP contribution in [-0.4, -0.2) is 6.54 Å². The van der Waals surface area contributed by atoms with Crippen molar-refractivity contribution >= 4 is 0 Å². The third kappa shape index (κ3) is 0.945. The molecule has 0 amide bonds. The number of allylic oxidation sites excluding steroid dienone is 1. The van der Waals surface area contributed by atoms with Gasteiger partial charge in [0.05, 0.1) is 5.57 Å². The van der Waals surface area contributed by atoms with E-state index in [-0.39, 0.29) is 0 Å². The molecule has 1 heteroatoms. The van der Waals surface area contributed by atoms with Gasteiger partial charge in [0.1, 0.15) is 0 Å². The van der Waals surface area contributed by atoms with Crippen LogP contribution in [0.15, 0.2) is 11.1 Å². The smallest absolute Gasteiger partial charge is 0.0735 e. The highest BCUT2D eigenvalue weighted by Gasteiger charge is 2.20. The Morgan fingerprint density at radius 1 is 1.10 bits per heavy atom. The molecule has 0 atom stereocenters. The molecule has 0 aromatic heterocycles. The Bertz CT molecular complexity index is 227. The van der Waals surface area contributed by atoms with Crippen molar-refractivity contribution in [3.05, 3.63) is 16.0 Å². The Balaban J connectivity index is 2.19. The summed E-state index contributed by atoms with van der Waals surface area (Å²) < 4.78 is 0. The summed E-state index contributed by atoms with van der Waals surface area (Å²) in [5.74, 6) is 0. The van der Waals surface area contributed by atoms with Gasteiger partial charge in [-0.15, -0.1) is 0 Å². The second kappa shape index (κ2) is 2.46. The quantitative estimate of drug-likeness (QED) is 0.479. The van der Waals surface area contributed by atoms with Crippen LogP contribution in [-0.2, 0) is 0 Å². The van der Waals surface area contributed by atoms with Crippen molar-refractivity contribution in [3.63, 3.8) is 0 Å². The normalized spacial score (nSPS) is 23.2. The van der Waals surface area contributed by atoms with Crippen LogP contribution in [0.1, 0.15) is 32.1 Å². The van der Waals surface area contributed by atoms with Gasteiger partial charge in [-0.25, -0.2) is 0 Å². The molecule has 0 aromatic rings. The maximum absolute atomic E-state index is 4.15. The molecule has 0 fully saturated rings. The minimum Gasteiger partial charge on any atom is -0.0735 e. The van der Waals surface area contributed by atoms with Gasteiger partial charge in [0.2, 0.25) is 0 Å². The predicted octanol–water partition coefficient (Wildman–Crippen LogP) is 2.59. The molecular weight excluding hydrogens is 122 g/mol. The fourth-order valence-corrected chi connectivity index (χ4v) is 1.68. The molecule has 0 saturated heterocycles. The highest BCUT2D eigenvalue weighted by molar-refractivity contribution is 5.38. The van der Waals surface area contributed by atoms with Gasteiger partial charge >= 0.3 is 6.07 Å². The van der Waals surface area contributed by atoms with Gasteiger partial charge in [-0.2, -0.15) is 0 Å². The van der Waals surface area contributed by atoms with E-state index in [1.54, 1.807) is 5.57 Å². The molecule has 0 N–H and O–H groups in total. The van der Waals surface area contributed by atoms with Crippen LogP contribution in [0.3, 0.4) is 0 Å². The van der Waals surface area contributed by atoms with E-state index in [4.69, 9.17) is 0 Å². The molecule has 0 bridgehead atoms. The van der Waals surface area contributed by atoms with Crippen LogP contribution >= 0.6 is 0 Å². The third-order valence-electron chi connectivity index (χ3n) is 2.32. The van der Waals surface area contributed by atoms with Crippen LogP contribution in [0.25, 0.3) is 4.85 Å². The van der Waals surface area contributed by atoms with Crippen molar-refractivity contribution in [3.8, 4) is 6.07 Å². The number of hydrogen-bond acceptors (Lipinski definition) is 0. The average Bonchev–Trinajstić information content (AvgIpc) is 2.28. The first-order valence-corrected chi connectivity index (χ1v) is 4.10. The molecule has 0 saturated carbocycles. The zero-order valence-electron chi connectivity index (χ0n) is 6.19. The van der Waals surface area contributed by atoms with Crippen LogP contribution in [0, 0.1) is 6.07 Å². The SMILES string of the molecule is C1#[N+]CC2=C1CCCCC2. The molecule has 1 heterocycles. The molecule has 1 aliphatic heterocycles. The molecule has 52 valence electrons. The lowest BCUT2D eigenvalue weighted by atomic mass is 10.1. The first-order chi connectivity index (χ1) is 4.97. The van der Waals surface area contributed by atoms with Gasteiger partial charge in [-0.1, -0.05) is 11.3 Å². The lowest BCUT2D eigenvalue weighted by molar-refractivity contribution is 0.707. The Morgan fingerprint density at radius 3 is 3.00 bits per heavy atom. The largest absolute Gasteiger partial charge is 0.307 e. The third-order valence-corrected chi connectivity index (χ3v) is 2.32. The molecule has 10 heavy (non-hydrogen) atoms. The average molecular weight is 134 g/mol. The topological polar surface area (TPSA) is 4.36 Å². The van der Waals surface area contributed by atoms with Crippen LogP contribution in [0.4, 0.5) is 0 Å². The van der Waals surface area contributed by atoms with Crippen molar-refractivity contribution in [1.29, 1.82) is 0 Å². The summed E-state index contributed by atoms with van der Waals surface area (Å²) >= 11 is 0. The van der Waals surface area contributed by atoms with Crippen LogP contribution < -0.4 is 0 Å². The van der Waals surface area contributed by atoms with E-state index in [1.807, 2.05) is 0 Å². The minimum atomic E-state index is 0.954. The monoisotopic (exact) mass is 134 g/mol. The Kier molecular flexibility index (Phi) is 1.47. The van der Waals surface area contributed by atoms with Crippen molar-refractivity contribution in [1.82, 2.24) is 0 Å². The zero-order valence-corrected chi connectivity index (χ0v) is 6.19. The van der Waals surface area contributed by atoms with E-state index in [2.05, 4.69) is 10.9 Å². The molecule has 0 unspecified atom stereocenters. The lowest BCUT2D eigenvalue weighted by Crippen LogP contribution is -1.85. The fourth-order valence-electron chi connectivity index (χ4n) is 1.68. The van der Waals surface area contributed by atoms with E-state index in [1.165, 1.54) is 37.7 Å². The molecule has 2 rings (SSSR count). The summed E-state index contributed by atoms with van der Waals surface area (Å²) in [4.78, 5) is 4.15. The summed E-state index contributed by atoms with van der Waals surface area (Å²) in [6.07, 6.45) is 6.64. The second-order valence-corrected chi connectivity index (χ2v) is 3.07. The van der Waals surface area contributed by atoms with Gasteiger partial charge in [-0.3, -0.25) is 0 Å². The summed E-state index contributed by atoms with van der Waals surface area (Å²) in [6, 6.07) is 3.10. The van der Waals surface area contributed by atoms with E-state index in [9.17, 15) is 0 Å². The second-order valence-electron chi connectivity index (χ2n) is 3.07. The van der Waals surface area contributed by atoms with Gasteiger partial charge in [0.15, 0.2) is 0 Å². The number of hydrogen-bond donors (Lipinski definition) is 0. The standard InChI is InChI=1S/C9H12N/c1-2-4-8-6-10-7-9(8)5-3-1/h1-6H2/q+1. The Morgan fingerprint density at radius 2 is 2.00 bits per heavy atom. The molecule has 2 aliphatic rings. The summed E-state index contributed by atoms with van der Waals surface area (Å²) in [5, 5.41) is 0. The maximum atomic E-state index is 4.15. The van der Waals surface area contributed by atoms with Crippen LogP contribution in [0.5, 0.6) is 0 Å². The molecule has 0 aromatic carbocycles. The molecule has 0 radical (unpaired) electrons. The Hall–Kier alpha value is -0.770. The van der Waals surface area contributed by atoms with Crippen molar-refractivity contribution in [2.45, 2.75) is 32.1 Å². The maximum Gasteiger partial charge on any atom is 0.307 e. The fraction of sp³-hybridized carbons (Fsp3) is 0.667. The summed E-state index contributed by atoms with van der Waals surface area (Å²) in [7, 11) is 0. The van der Waals surface area contributed by atoms with Crippen molar-refractivity contribution in [2.24, 2.45) is 0 Å². The number of nitrogens with zero attached hydrogens (tertiary/aromatic N) is 1. The van der Waals surface area contributed by atoms with E-state index >= 15 is 0 Å². The van der Waals surface area contributed by atoms with Gasteiger partial charge in [-0.05, 0) is 25.7 Å². The summed E-state index contributed by atoms with van der Waals surface area (Å²) in [6.45, 7) is 0.954. The Labute approximate surface area is 61.6 Å². The molecule has 0 spiro atoms. The van der Waals surface area contributed by atoms with Crippen molar-refractivity contribution in [2.75, 3.05) is 6.54 Å². The summed E-state index contributed by atoms with van der Waals surface area (Å²) in [5.41, 5.74) is 3.00. The highest BCUT2D eigenvalue weighted by atomic mass is 14.7. The van der Waals surface area contributed by atoms with Gasteiger partial charge < -0.3 is 0 Å². The zero-order chi connectivity index (χ0) is 6.81. The molecular formula is C9H12N+. The van der Waals surface area contributed by atoms with E-state index in [0.29, 0.717) is 0 Å². The number of rotatable bonds is 0. The first kappa shape index (κ1) is 5.97. The molecule has 1 aliphatic carbocycles. The first-order valence-electron chi connectivity index (χ1n) is 4.10. The lowest BCUT2D eigenvalue weighted by Gasteiger charge is -1.90. The van der Waals surface area contributed by atoms with Gasteiger partial charge in [0, 0.05) is 5.57 Å². The van der Waals surface area contributed by atoms with E-state index < -0.39 is 0 Å². The highest BCUT2D eigenvalue weighted by Crippen LogP contribution is 2.26. The molecule has 1 nitrogen and oxygen atoms in total.